The third-order valence-electron chi connectivity index (χ3n) is 6.69. The second-order valence-electron chi connectivity index (χ2n) is 9.97. The number of carbonyl (C=O) groups excluding carboxylic acids is 3. The number of carboxylic acid groups (broad SMARTS) is 1. The minimum atomic E-state index is -1.16. The zero-order valence-corrected chi connectivity index (χ0v) is 23.1. The van der Waals surface area contributed by atoms with E-state index in [1.165, 1.54) is 11.0 Å². The van der Waals surface area contributed by atoms with Crippen LogP contribution in [-0.4, -0.2) is 101 Å². The van der Waals surface area contributed by atoms with Gasteiger partial charge in [-0.1, -0.05) is 30.3 Å². The SMILES string of the molecule is CCOC(=O)N1CC(C)NC(C(=O)C(CCC(=O)O)NC(=O)c2cc(OC3CCOC3)nc(-c3ccccc3)n2)C1. The fraction of sp³-hybridized carbons (Fsp3) is 0.500. The van der Waals surface area contributed by atoms with E-state index >= 15 is 0 Å². The van der Waals surface area contributed by atoms with Crippen molar-refractivity contribution in [2.75, 3.05) is 32.9 Å². The molecular weight excluding hydrogens is 534 g/mol. The molecular formula is C28H35N5O8. The van der Waals surface area contributed by atoms with E-state index in [0.717, 1.165) is 0 Å². The molecule has 4 atom stereocenters. The van der Waals surface area contributed by atoms with Crippen molar-refractivity contribution in [1.29, 1.82) is 0 Å². The van der Waals surface area contributed by atoms with Crippen molar-refractivity contribution >= 4 is 23.8 Å². The van der Waals surface area contributed by atoms with Gasteiger partial charge in [-0.2, -0.15) is 4.98 Å². The first-order valence-electron chi connectivity index (χ1n) is 13.7. The molecule has 1 aromatic carbocycles. The van der Waals surface area contributed by atoms with Crippen LogP contribution in [0.1, 0.15) is 43.6 Å². The Morgan fingerprint density at radius 3 is 2.66 bits per heavy atom. The number of ketones is 1. The van der Waals surface area contributed by atoms with Crippen LogP contribution in [0.4, 0.5) is 4.79 Å². The van der Waals surface area contributed by atoms with Gasteiger partial charge in [0.15, 0.2) is 11.6 Å². The molecule has 2 amide bonds. The number of nitrogens with zero attached hydrogens (tertiary/aromatic N) is 3. The van der Waals surface area contributed by atoms with Crippen molar-refractivity contribution in [3.05, 3.63) is 42.1 Å². The first-order valence-corrected chi connectivity index (χ1v) is 13.7. The van der Waals surface area contributed by atoms with Gasteiger partial charge in [0.05, 0.1) is 31.9 Å². The molecule has 0 spiro atoms. The normalized spacial score (nSPS) is 21.1. The van der Waals surface area contributed by atoms with Gasteiger partial charge in [-0.15, -0.1) is 0 Å². The van der Waals surface area contributed by atoms with Gasteiger partial charge < -0.3 is 34.9 Å². The van der Waals surface area contributed by atoms with Gasteiger partial charge in [-0.05, 0) is 20.3 Å². The van der Waals surface area contributed by atoms with Gasteiger partial charge >= 0.3 is 12.1 Å². The molecule has 1 aromatic heterocycles. The lowest BCUT2D eigenvalue weighted by molar-refractivity contribution is -0.137. The summed E-state index contributed by atoms with van der Waals surface area (Å²) >= 11 is 0. The summed E-state index contributed by atoms with van der Waals surface area (Å²) in [6, 6.07) is 8.23. The van der Waals surface area contributed by atoms with E-state index in [-0.39, 0.29) is 55.5 Å². The van der Waals surface area contributed by atoms with Crippen LogP contribution in [0.5, 0.6) is 5.88 Å². The number of hydrogen-bond donors (Lipinski definition) is 3. The molecule has 2 aliphatic heterocycles. The summed E-state index contributed by atoms with van der Waals surface area (Å²) in [6.07, 6.45) is -0.593. The summed E-state index contributed by atoms with van der Waals surface area (Å²) in [5.41, 5.74) is 0.617. The highest BCUT2D eigenvalue weighted by atomic mass is 16.6. The van der Waals surface area contributed by atoms with Crippen molar-refractivity contribution in [2.24, 2.45) is 0 Å². The summed E-state index contributed by atoms with van der Waals surface area (Å²) < 4.78 is 16.4. The third-order valence-corrected chi connectivity index (χ3v) is 6.69. The number of Topliss-reactive ketones (excluding diaryl/α,β-unsaturated/α-hetero) is 1. The molecule has 4 unspecified atom stereocenters. The Morgan fingerprint density at radius 2 is 1.98 bits per heavy atom. The molecule has 2 aliphatic rings. The molecule has 13 nitrogen and oxygen atoms in total. The quantitative estimate of drug-likeness (QED) is 0.360. The molecule has 3 N–H and O–H groups in total. The standard InChI is InChI=1S/C28H35N5O8/c1-3-40-28(38)33-14-17(2)29-22(15-33)25(36)20(9-10-24(34)35)31-27(37)21-13-23(41-19-11-12-39-16-19)32-26(30-21)18-7-5-4-6-8-18/h4-8,13,17,19-20,22,29H,3,9-12,14-16H2,1-2H3,(H,31,37)(H,34,35). The van der Waals surface area contributed by atoms with Crippen molar-refractivity contribution in [3.63, 3.8) is 0 Å². The number of carbonyl (C=O) groups is 4. The average Bonchev–Trinajstić information content (AvgIpc) is 3.47. The Balaban J connectivity index is 1.57. The average molecular weight is 570 g/mol. The summed E-state index contributed by atoms with van der Waals surface area (Å²) in [4.78, 5) is 61.2. The van der Waals surface area contributed by atoms with E-state index in [9.17, 15) is 24.3 Å². The number of aromatic nitrogens is 2. The molecule has 0 radical (unpaired) electrons. The minimum absolute atomic E-state index is 0.0224. The van der Waals surface area contributed by atoms with Crippen LogP contribution in [0.15, 0.2) is 36.4 Å². The Morgan fingerprint density at radius 1 is 1.20 bits per heavy atom. The van der Waals surface area contributed by atoms with E-state index in [0.29, 0.717) is 31.7 Å². The molecule has 41 heavy (non-hydrogen) atoms. The van der Waals surface area contributed by atoms with Crippen LogP contribution in [0.25, 0.3) is 11.4 Å². The number of rotatable bonds is 11. The maximum Gasteiger partial charge on any atom is 0.409 e. The highest BCUT2D eigenvalue weighted by Crippen LogP contribution is 2.22. The number of piperazine rings is 1. The van der Waals surface area contributed by atoms with E-state index in [4.69, 9.17) is 14.2 Å². The van der Waals surface area contributed by atoms with Gasteiger partial charge in [0.25, 0.3) is 5.91 Å². The minimum Gasteiger partial charge on any atom is -0.481 e. The van der Waals surface area contributed by atoms with Crippen molar-refractivity contribution in [3.8, 4) is 17.3 Å². The smallest absolute Gasteiger partial charge is 0.409 e. The summed E-state index contributed by atoms with van der Waals surface area (Å²) in [6.45, 7) is 5.02. The van der Waals surface area contributed by atoms with Gasteiger partial charge in [0.2, 0.25) is 5.88 Å². The van der Waals surface area contributed by atoms with E-state index in [1.54, 1.807) is 19.1 Å². The Bertz CT molecular complexity index is 1240. The van der Waals surface area contributed by atoms with Crippen LogP contribution in [-0.2, 0) is 19.1 Å². The first-order chi connectivity index (χ1) is 19.7. The lowest BCUT2D eigenvalue weighted by atomic mass is 9.97. The summed E-state index contributed by atoms with van der Waals surface area (Å²) in [5.74, 6) is -1.81. The summed E-state index contributed by atoms with van der Waals surface area (Å²) in [7, 11) is 0. The second kappa shape index (κ2) is 14.0. The van der Waals surface area contributed by atoms with Gasteiger partial charge in [-0.25, -0.2) is 9.78 Å². The first kappa shape index (κ1) is 29.9. The van der Waals surface area contributed by atoms with Gasteiger partial charge in [0, 0.05) is 43.6 Å². The monoisotopic (exact) mass is 569 g/mol. The fourth-order valence-electron chi connectivity index (χ4n) is 4.73. The van der Waals surface area contributed by atoms with Crippen molar-refractivity contribution in [2.45, 2.75) is 57.3 Å². The molecule has 2 saturated heterocycles. The highest BCUT2D eigenvalue weighted by molar-refractivity contribution is 5.99. The maximum atomic E-state index is 13.6. The number of hydrogen-bond acceptors (Lipinski definition) is 10. The molecule has 220 valence electrons. The zero-order valence-electron chi connectivity index (χ0n) is 23.1. The van der Waals surface area contributed by atoms with Crippen molar-refractivity contribution in [1.82, 2.24) is 25.5 Å². The van der Waals surface area contributed by atoms with Crippen LogP contribution >= 0.6 is 0 Å². The van der Waals surface area contributed by atoms with Gasteiger partial charge in [0.1, 0.15) is 11.8 Å². The molecule has 0 bridgehead atoms. The van der Waals surface area contributed by atoms with Gasteiger partial charge in [-0.3, -0.25) is 14.4 Å². The van der Waals surface area contributed by atoms with E-state index in [2.05, 4.69) is 20.6 Å². The molecule has 2 fully saturated rings. The number of nitrogens with one attached hydrogen (secondary N) is 2. The predicted molar refractivity (Wildman–Crippen MR) is 145 cm³/mol. The van der Waals surface area contributed by atoms with Crippen molar-refractivity contribution < 1.29 is 38.5 Å². The lowest BCUT2D eigenvalue weighted by Crippen LogP contribution is -2.62. The predicted octanol–water partition coefficient (Wildman–Crippen LogP) is 1.66. The summed E-state index contributed by atoms with van der Waals surface area (Å²) in [5, 5.41) is 15.1. The molecule has 3 heterocycles. The van der Waals surface area contributed by atoms with Crippen LogP contribution in [0.2, 0.25) is 0 Å². The maximum absolute atomic E-state index is 13.6. The Labute approximate surface area is 237 Å². The topological polar surface area (TPSA) is 169 Å². The number of carboxylic acids is 1. The molecule has 4 rings (SSSR count). The van der Waals surface area contributed by atoms with Crippen LogP contribution < -0.4 is 15.4 Å². The van der Waals surface area contributed by atoms with Crippen LogP contribution in [0.3, 0.4) is 0 Å². The van der Waals surface area contributed by atoms with E-state index in [1.807, 2.05) is 25.1 Å². The number of benzene rings is 1. The third kappa shape index (κ3) is 8.21. The molecule has 2 aromatic rings. The molecule has 13 heteroatoms. The highest BCUT2D eigenvalue weighted by Gasteiger charge is 2.36. The van der Waals surface area contributed by atoms with E-state index < -0.39 is 35.8 Å². The Kier molecular flexibility index (Phi) is 10.2. The molecule has 0 aliphatic carbocycles. The van der Waals surface area contributed by atoms with Crippen LogP contribution in [0, 0.1) is 0 Å². The number of aliphatic carboxylic acids is 1. The Hall–Kier alpha value is -4.10. The molecule has 0 saturated carbocycles. The largest absolute Gasteiger partial charge is 0.481 e. The lowest BCUT2D eigenvalue weighted by Gasteiger charge is -2.37. The number of ether oxygens (including phenoxy) is 3. The fourth-order valence-corrected chi connectivity index (χ4v) is 4.73. The zero-order chi connectivity index (χ0) is 29.4. The number of amides is 2. The second-order valence-corrected chi connectivity index (χ2v) is 9.97.